The van der Waals surface area contributed by atoms with E-state index in [0.29, 0.717) is 19.0 Å². The van der Waals surface area contributed by atoms with Crippen LogP contribution < -0.4 is 15.4 Å². The third-order valence-corrected chi connectivity index (χ3v) is 2.90. The summed E-state index contributed by atoms with van der Waals surface area (Å²) in [6.45, 7) is 4.93. The first-order valence-electron chi connectivity index (χ1n) is 7.03. The maximum atomic E-state index is 11.6. The van der Waals surface area contributed by atoms with E-state index in [1.54, 1.807) is 27.3 Å². The minimum atomic E-state index is -0.0162. The fraction of sp³-hybridized carbons (Fsp3) is 0.375. The Morgan fingerprint density at radius 3 is 2.48 bits per heavy atom. The number of nitrogens with one attached hydrogen (secondary N) is 2. The Hall–Kier alpha value is -1.77. The SMILES string of the molecule is C=CCNC(=NCc1ccc(OC)cc1)NCC(=O)N(C)C.I. The van der Waals surface area contributed by atoms with Crippen LogP contribution in [-0.2, 0) is 11.3 Å². The highest BCUT2D eigenvalue weighted by Crippen LogP contribution is 2.11. The topological polar surface area (TPSA) is 66.0 Å². The fourth-order valence-electron chi connectivity index (χ4n) is 1.56. The predicted molar refractivity (Wildman–Crippen MR) is 104 cm³/mol. The third-order valence-electron chi connectivity index (χ3n) is 2.90. The smallest absolute Gasteiger partial charge is 0.241 e. The standard InChI is InChI=1S/C16H24N4O2.HI/c1-5-10-17-16(19-12-15(21)20(2)3)18-11-13-6-8-14(22-4)9-7-13;/h5-9H,1,10-12H2,2-4H3,(H2,17,18,19);1H. The molecule has 0 unspecified atom stereocenters. The normalized spacial score (nSPS) is 10.3. The molecule has 7 heteroatoms. The molecule has 0 heterocycles. The number of rotatable bonds is 7. The molecular weight excluding hydrogens is 407 g/mol. The number of guanidine groups is 1. The molecule has 0 saturated heterocycles. The van der Waals surface area contributed by atoms with Crippen molar-refractivity contribution in [2.45, 2.75) is 6.54 Å². The first-order valence-corrected chi connectivity index (χ1v) is 7.03. The summed E-state index contributed by atoms with van der Waals surface area (Å²) in [6.07, 6.45) is 1.73. The first kappa shape index (κ1) is 21.2. The highest BCUT2D eigenvalue weighted by Gasteiger charge is 2.05. The van der Waals surface area contributed by atoms with Gasteiger partial charge < -0.3 is 20.3 Å². The maximum absolute atomic E-state index is 11.6. The highest BCUT2D eigenvalue weighted by molar-refractivity contribution is 14.0. The second kappa shape index (κ2) is 11.8. The Kier molecular flexibility index (Phi) is 10.8. The van der Waals surface area contributed by atoms with Crippen LogP contribution in [0.5, 0.6) is 5.75 Å². The van der Waals surface area contributed by atoms with Crippen molar-refractivity contribution in [1.29, 1.82) is 0 Å². The average molecular weight is 432 g/mol. The number of hydrogen-bond donors (Lipinski definition) is 2. The van der Waals surface area contributed by atoms with Crippen LogP contribution in [0.15, 0.2) is 41.9 Å². The van der Waals surface area contributed by atoms with Crippen molar-refractivity contribution in [1.82, 2.24) is 15.5 Å². The highest BCUT2D eigenvalue weighted by atomic mass is 127. The summed E-state index contributed by atoms with van der Waals surface area (Å²) in [6, 6.07) is 7.70. The van der Waals surface area contributed by atoms with Gasteiger partial charge >= 0.3 is 0 Å². The number of hydrogen-bond acceptors (Lipinski definition) is 3. The molecule has 1 aromatic carbocycles. The number of carbonyl (C=O) groups is 1. The molecule has 0 spiro atoms. The zero-order valence-corrected chi connectivity index (χ0v) is 16.2. The van der Waals surface area contributed by atoms with E-state index in [0.717, 1.165) is 11.3 Å². The third kappa shape index (κ3) is 8.44. The quantitative estimate of drug-likeness (QED) is 0.298. The van der Waals surface area contributed by atoms with E-state index in [4.69, 9.17) is 4.74 Å². The van der Waals surface area contributed by atoms with Crippen molar-refractivity contribution in [2.24, 2.45) is 4.99 Å². The molecule has 0 radical (unpaired) electrons. The second-order valence-corrected chi connectivity index (χ2v) is 4.82. The molecular formula is C16H25IN4O2. The summed E-state index contributed by atoms with van der Waals surface area (Å²) in [5.41, 5.74) is 1.06. The lowest BCUT2D eigenvalue weighted by Gasteiger charge is -2.14. The molecule has 0 aliphatic heterocycles. The van der Waals surface area contributed by atoms with Gasteiger partial charge in [-0.2, -0.15) is 0 Å². The maximum Gasteiger partial charge on any atom is 0.241 e. The van der Waals surface area contributed by atoms with Crippen LogP contribution in [0.25, 0.3) is 0 Å². The Balaban J connectivity index is 0.00000484. The van der Waals surface area contributed by atoms with Crippen LogP contribution in [0.2, 0.25) is 0 Å². The van der Waals surface area contributed by atoms with E-state index in [1.807, 2.05) is 24.3 Å². The molecule has 0 fully saturated rings. The molecule has 0 bridgehead atoms. The number of nitrogens with zero attached hydrogens (tertiary/aromatic N) is 2. The van der Waals surface area contributed by atoms with E-state index in [1.165, 1.54) is 4.90 Å². The van der Waals surface area contributed by atoms with Gasteiger partial charge in [-0.05, 0) is 17.7 Å². The molecule has 0 aliphatic rings. The lowest BCUT2D eigenvalue weighted by Crippen LogP contribution is -2.43. The molecule has 0 aliphatic carbocycles. The molecule has 0 atom stereocenters. The predicted octanol–water partition coefficient (Wildman–Crippen LogP) is 1.62. The molecule has 128 valence electrons. The number of ether oxygens (including phenoxy) is 1. The van der Waals surface area contributed by atoms with Crippen LogP contribution >= 0.6 is 24.0 Å². The molecule has 2 N–H and O–H groups in total. The van der Waals surface area contributed by atoms with Gasteiger partial charge in [0, 0.05) is 20.6 Å². The summed E-state index contributed by atoms with van der Waals surface area (Å²) >= 11 is 0. The molecule has 0 saturated carbocycles. The van der Waals surface area contributed by atoms with Crippen molar-refractivity contribution in [3.05, 3.63) is 42.5 Å². The zero-order chi connectivity index (χ0) is 16.4. The van der Waals surface area contributed by atoms with E-state index in [-0.39, 0.29) is 36.4 Å². The monoisotopic (exact) mass is 432 g/mol. The number of methoxy groups -OCH3 is 1. The van der Waals surface area contributed by atoms with Crippen molar-refractivity contribution < 1.29 is 9.53 Å². The van der Waals surface area contributed by atoms with Crippen LogP contribution in [0, 0.1) is 0 Å². The minimum absolute atomic E-state index is 0. The van der Waals surface area contributed by atoms with Gasteiger partial charge in [-0.25, -0.2) is 4.99 Å². The average Bonchev–Trinajstić information content (AvgIpc) is 2.54. The number of amides is 1. The molecule has 0 aromatic heterocycles. The molecule has 1 rings (SSSR count). The van der Waals surface area contributed by atoms with Gasteiger partial charge in [-0.1, -0.05) is 18.2 Å². The fourth-order valence-corrected chi connectivity index (χ4v) is 1.56. The summed E-state index contributed by atoms with van der Waals surface area (Å²) in [5.74, 6) is 1.37. The zero-order valence-electron chi connectivity index (χ0n) is 13.8. The lowest BCUT2D eigenvalue weighted by atomic mass is 10.2. The number of carbonyl (C=O) groups excluding carboxylic acids is 1. The summed E-state index contributed by atoms with van der Waals surface area (Å²) < 4.78 is 5.12. The Morgan fingerprint density at radius 2 is 1.96 bits per heavy atom. The van der Waals surface area contributed by atoms with Crippen molar-refractivity contribution in [3.8, 4) is 5.75 Å². The van der Waals surface area contributed by atoms with Gasteiger partial charge in [-0.3, -0.25) is 4.79 Å². The second-order valence-electron chi connectivity index (χ2n) is 4.82. The van der Waals surface area contributed by atoms with E-state index < -0.39 is 0 Å². The van der Waals surface area contributed by atoms with Gasteiger partial charge in [0.1, 0.15) is 5.75 Å². The molecule has 1 amide bonds. The Bertz CT molecular complexity index is 515. The van der Waals surface area contributed by atoms with Crippen LogP contribution in [0.3, 0.4) is 0 Å². The summed E-state index contributed by atoms with van der Waals surface area (Å²) in [7, 11) is 5.07. The van der Waals surface area contributed by atoms with Crippen LogP contribution in [-0.4, -0.2) is 51.1 Å². The van der Waals surface area contributed by atoms with E-state index in [2.05, 4.69) is 22.2 Å². The first-order chi connectivity index (χ1) is 10.6. The minimum Gasteiger partial charge on any atom is -0.497 e. The molecule has 23 heavy (non-hydrogen) atoms. The van der Waals surface area contributed by atoms with Crippen molar-refractivity contribution in [2.75, 3.05) is 34.3 Å². The Morgan fingerprint density at radius 1 is 1.30 bits per heavy atom. The number of aliphatic imine (C=N–C) groups is 1. The van der Waals surface area contributed by atoms with Gasteiger partial charge in [0.15, 0.2) is 5.96 Å². The van der Waals surface area contributed by atoms with Gasteiger partial charge in [-0.15, -0.1) is 30.6 Å². The summed E-state index contributed by atoms with van der Waals surface area (Å²) in [5, 5.41) is 6.09. The number of benzene rings is 1. The van der Waals surface area contributed by atoms with Crippen molar-refractivity contribution in [3.63, 3.8) is 0 Å². The molecule has 1 aromatic rings. The molecule has 6 nitrogen and oxygen atoms in total. The lowest BCUT2D eigenvalue weighted by molar-refractivity contribution is -0.127. The van der Waals surface area contributed by atoms with Gasteiger partial charge in [0.25, 0.3) is 0 Å². The van der Waals surface area contributed by atoms with Gasteiger partial charge in [0.05, 0.1) is 20.2 Å². The largest absolute Gasteiger partial charge is 0.497 e. The van der Waals surface area contributed by atoms with E-state index in [9.17, 15) is 4.79 Å². The number of halogens is 1. The summed E-state index contributed by atoms with van der Waals surface area (Å²) in [4.78, 5) is 17.6. The number of likely N-dealkylation sites (N-methyl/N-ethyl adjacent to an activating group) is 1. The van der Waals surface area contributed by atoms with E-state index >= 15 is 0 Å². The van der Waals surface area contributed by atoms with Crippen LogP contribution in [0.1, 0.15) is 5.56 Å². The van der Waals surface area contributed by atoms with Crippen molar-refractivity contribution >= 4 is 35.8 Å². The van der Waals surface area contributed by atoms with Gasteiger partial charge in [0.2, 0.25) is 5.91 Å². The van der Waals surface area contributed by atoms with Crippen LogP contribution in [0.4, 0.5) is 0 Å². The Labute approximate surface area is 155 Å².